The summed E-state index contributed by atoms with van der Waals surface area (Å²) in [5.41, 5.74) is 0.776. The Kier molecular flexibility index (Phi) is 6.84. The topological polar surface area (TPSA) is 98.8 Å². The molecule has 7 heteroatoms. The van der Waals surface area contributed by atoms with E-state index in [0.29, 0.717) is 25.1 Å². The van der Waals surface area contributed by atoms with Gasteiger partial charge in [-0.2, -0.15) is 0 Å². The van der Waals surface area contributed by atoms with Crippen molar-refractivity contribution in [2.24, 2.45) is 0 Å². The number of carbonyl (C=O) groups is 3. The molecule has 1 aliphatic heterocycles. The number of ether oxygens (including phenoxy) is 1. The zero-order valence-electron chi connectivity index (χ0n) is 16.0. The summed E-state index contributed by atoms with van der Waals surface area (Å²) in [5, 5.41) is 14.0. The van der Waals surface area contributed by atoms with Crippen LogP contribution in [0.4, 0.5) is 0 Å². The molecule has 1 aliphatic rings. The minimum atomic E-state index is -1.36. The third kappa shape index (κ3) is 5.57. The lowest BCUT2D eigenvalue weighted by atomic mass is 10.1. The molecule has 0 spiro atoms. The van der Waals surface area contributed by atoms with E-state index >= 15 is 0 Å². The van der Waals surface area contributed by atoms with Crippen LogP contribution in [0.1, 0.15) is 18.4 Å². The Morgan fingerprint density at radius 3 is 2.38 bits per heavy atom. The Balaban J connectivity index is 1.59. The van der Waals surface area contributed by atoms with E-state index in [1.54, 1.807) is 48.5 Å². The predicted octanol–water partition coefficient (Wildman–Crippen LogP) is 0.534. The summed E-state index contributed by atoms with van der Waals surface area (Å²) < 4.78 is 5.48. The van der Waals surface area contributed by atoms with Crippen molar-refractivity contribution >= 4 is 17.8 Å². The van der Waals surface area contributed by atoms with Crippen LogP contribution in [0.15, 0.2) is 60.7 Å². The van der Waals surface area contributed by atoms with Gasteiger partial charge in [-0.25, -0.2) is 0 Å². The zero-order valence-corrected chi connectivity index (χ0v) is 16.0. The fourth-order valence-electron chi connectivity index (χ4n) is 3.39. The second kappa shape index (κ2) is 9.73. The molecule has 3 rings (SSSR count). The Labute approximate surface area is 169 Å². The van der Waals surface area contributed by atoms with Crippen molar-refractivity contribution < 1.29 is 24.2 Å². The highest BCUT2D eigenvalue weighted by Crippen LogP contribution is 2.19. The van der Waals surface area contributed by atoms with Gasteiger partial charge >= 0.3 is 0 Å². The second-order valence-electron chi connectivity index (χ2n) is 6.92. The average molecular weight is 395 g/mol. The second-order valence-corrected chi connectivity index (χ2v) is 6.92. The quantitative estimate of drug-likeness (QED) is 0.703. The van der Waals surface area contributed by atoms with E-state index in [1.165, 1.54) is 4.90 Å². The number of hydrogen-bond donors (Lipinski definition) is 1. The molecule has 2 atom stereocenters. The summed E-state index contributed by atoms with van der Waals surface area (Å²) in [6.45, 7) is 0.255. The minimum absolute atomic E-state index is 0.118. The molecule has 1 saturated heterocycles. The Morgan fingerprint density at radius 1 is 1.07 bits per heavy atom. The van der Waals surface area contributed by atoms with Gasteiger partial charge in [-0.1, -0.05) is 48.5 Å². The van der Waals surface area contributed by atoms with Crippen molar-refractivity contribution in [1.82, 2.24) is 10.2 Å². The summed E-state index contributed by atoms with van der Waals surface area (Å²) in [4.78, 5) is 38.2. The van der Waals surface area contributed by atoms with Crippen LogP contribution in [0.25, 0.3) is 0 Å². The van der Waals surface area contributed by atoms with Gasteiger partial charge in [-0.05, 0) is 37.0 Å². The normalized spacial score (nSPS) is 16.8. The van der Waals surface area contributed by atoms with Crippen molar-refractivity contribution in [3.8, 4) is 5.75 Å². The number of aliphatic carboxylic acids is 1. The maximum absolute atomic E-state index is 12.7. The fourth-order valence-corrected chi connectivity index (χ4v) is 3.39. The van der Waals surface area contributed by atoms with Gasteiger partial charge < -0.3 is 24.9 Å². The van der Waals surface area contributed by atoms with E-state index in [2.05, 4.69) is 5.32 Å². The van der Waals surface area contributed by atoms with Gasteiger partial charge in [0.1, 0.15) is 11.8 Å². The molecule has 2 aromatic carbocycles. The summed E-state index contributed by atoms with van der Waals surface area (Å²) in [6.07, 6.45) is 1.27. The first kappa shape index (κ1) is 20.4. The molecular formula is C22H23N2O5-. The highest BCUT2D eigenvalue weighted by Gasteiger charge is 2.35. The molecule has 0 radical (unpaired) electrons. The van der Waals surface area contributed by atoms with Crippen molar-refractivity contribution in [3.63, 3.8) is 0 Å². The molecule has 0 unspecified atom stereocenters. The standard InChI is InChI=1S/C22H24N2O5/c25-20(15-29-17-10-5-2-6-11-17)24-13-7-12-19(24)21(26)23-18(22(27)28)14-16-8-3-1-4-9-16/h1-6,8-11,18-19H,7,12-15H2,(H,23,26)(H,27,28)/p-1/t18-,19+/m1/s1. The van der Waals surface area contributed by atoms with E-state index in [1.807, 2.05) is 12.1 Å². The number of para-hydroxylation sites is 1. The van der Waals surface area contributed by atoms with E-state index in [9.17, 15) is 19.5 Å². The number of likely N-dealkylation sites (tertiary alicyclic amines) is 1. The molecule has 7 nitrogen and oxygen atoms in total. The van der Waals surface area contributed by atoms with E-state index in [-0.39, 0.29) is 18.9 Å². The third-order valence-corrected chi connectivity index (χ3v) is 4.86. The van der Waals surface area contributed by atoms with Gasteiger partial charge in [0.15, 0.2) is 6.61 Å². The maximum Gasteiger partial charge on any atom is 0.261 e. The molecule has 0 aliphatic carbocycles. The molecule has 0 saturated carbocycles. The van der Waals surface area contributed by atoms with Gasteiger partial charge in [0.2, 0.25) is 5.91 Å². The first-order valence-electron chi connectivity index (χ1n) is 9.57. The van der Waals surface area contributed by atoms with Crippen LogP contribution in [0.5, 0.6) is 5.75 Å². The van der Waals surface area contributed by atoms with Crippen molar-refractivity contribution in [3.05, 3.63) is 66.2 Å². The van der Waals surface area contributed by atoms with Crippen LogP contribution < -0.4 is 15.2 Å². The lowest BCUT2D eigenvalue weighted by Crippen LogP contribution is -2.55. The highest BCUT2D eigenvalue weighted by atomic mass is 16.5. The van der Waals surface area contributed by atoms with Crippen molar-refractivity contribution in [2.75, 3.05) is 13.2 Å². The number of carbonyl (C=O) groups excluding carboxylic acids is 3. The largest absolute Gasteiger partial charge is 0.548 e. The molecule has 29 heavy (non-hydrogen) atoms. The third-order valence-electron chi connectivity index (χ3n) is 4.86. The molecule has 2 aromatic rings. The van der Waals surface area contributed by atoms with E-state index in [4.69, 9.17) is 4.74 Å². The SMILES string of the molecule is O=C([O-])[C@@H](Cc1ccccc1)NC(=O)[C@@H]1CCCN1C(=O)COc1ccccc1. The molecule has 0 aromatic heterocycles. The van der Waals surface area contributed by atoms with Gasteiger partial charge in [0.05, 0.1) is 12.0 Å². The first-order chi connectivity index (χ1) is 14.0. The first-order valence-corrected chi connectivity index (χ1v) is 9.57. The lowest BCUT2D eigenvalue weighted by molar-refractivity contribution is -0.308. The number of hydrogen-bond acceptors (Lipinski definition) is 5. The van der Waals surface area contributed by atoms with Gasteiger partial charge in [-0.3, -0.25) is 9.59 Å². The highest BCUT2D eigenvalue weighted by molar-refractivity contribution is 5.91. The molecule has 1 N–H and O–H groups in total. The van der Waals surface area contributed by atoms with Crippen LogP contribution in [-0.4, -0.2) is 47.9 Å². The van der Waals surface area contributed by atoms with Crippen LogP contribution in [0.3, 0.4) is 0 Å². The van der Waals surface area contributed by atoms with Crippen LogP contribution in [-0.2, 0) is 20.8 Å². The van der Waals surface area contributed by atoms with Crippen LogP contribution in [0, 0.1) is 0 Å². The van der Waals surface area contributed by atoms with Gasteiger partial charge in [-0.15, -0.1) is 0 Å². The number of amides is 2. The summed E-state index contributed by atoms with van der Waals surface area (Å²) in [5.74, 6) is -1.58. The van der Waals surface area contributed by atoms with E-state index in [0.717, 1.165) is 5.56 Å². The smallest absolute Gasteiger partial charge is 0.261 e. The number of rotatable bonds is 8. The zero-order chi connectivity index (χ0) is 20.6. The summed E-state index contributed by atoms with van der Waals surface area (Å²) >= 11 is 0. The van der Waals surface area contributed by atoms with Gasteiger partial charge in [0.25, 0.3) is 5.91 Å². The predicted molar refractivity (Wildman–Crippen MR) is 104 cm³/mol. The molecule has 0 bridgehead atoms. The maximum atomic E-state index is 12.7. The van der Waals surface area contributed by atoms with Crippen molar-refractivity contribution in [1.29, 1.82) is 0 Å². The fraction of sp³-hybridized carbons (Fsp3) is 0.318. The van der Waals surface area contributed by atoms with Gasteiger partial charge in [0, 0.05) is 6.54 Å². The Morgan fingerprint density at radius 2 is 1.72 bits per heavy atom. The summed E-state index contributed by atoms with van der Waals surface area (Å²) in [6, 6.07) is 16.1. The number of nitrogens with zero attached hydrogens (tertiary/aromatic N) is 1. The molecular weight excluding hydrogens is 372 g/mol. The molecule has 152 valence electrons. The average Bonchev–Trinajstić information content (AvgIpc) is 3.23. The molecule has 2 amide bonds. The van der Waals surface area contributed by atoms with Crippen LogP contribution in [0.2, 0.25) is 0 Å². The van der Waals surface area contributed by atoms with Crippen molar-refractivity contribution in [2.45, 2.75) is 31.3 Å². The minimum Gasteiger partial charge on any atom is -0.548 e. The lowest BCUT2D eigenvalue weighted by Gasteiger charge is -2.27. The number of carboxylic acids is 1. The molecule has 1 heterocycles. The van der Waals surface area contributed by atoms with Crippen LogP contribution >= 0.6 is 0 Å². The number of carboxylic acid groups (broad SMARTS) is 1. The van der Waals surface area contributed by atoms with E-state index < -0.39 is 24.0 Å². The monoisotopic (exact) mass is 395 g/mol. The Hall–Kier alpha value is -3.35. The number of nitrogens with one attached hydrogen (secondary N) is 1. The summed E-state index contributed by atoms with van der Waals surface area (Å²) in [7, 11) is 0. The number of benzene rings is 2. The molecule has 1 fully saturated rings. The Bertz CT molecular complexity index is 841.